The molecule has 0 radical (unpaired) electrons. The summed E-state index contributed by atoms with van der Waals surface area (Å²) in [7, 11) is 0. The van der Waals surface area contributed by atoms with Crippen LogP contribution in [0.1, 0.15) is 106 Å². The van der Waals surface area contributed by atoms with Crippen LogP contribution in [0.3, 0.4) is 0 Å². The molecule has 0 aliphatic heterocycles. The van der Waals surface area contributed by atoms with E-state index in [1.54, 1.807) is 0 Å². The van der Waals surface area contributed by atoms with Gasteiger partial charge in [-0.3, -0.25) is 9.59 Å². The lowest BCUT2D eigenvalue weighted by Gasteiger charge is -2.57. The van der Waals surface area contributed by atoms with E-state index in [1.165, 1.54) is 57.4 Å². The van der Waals surface area contributed by atoms with Gasteiger partial charge in [0.05, 0.1) is 0 Å². The van der Waals surface area contributed by atoms with Gasteiger partial charge in [0.15, 0.2) is 5.78 Å². The molecule has 4 aliphatic rings. The third-order valence-electron chi connectivity index (χ3n) is 10.4. The first kappa shape index (κ1) is 24.0. The van der Waals surface area contributed by atoms with Crippen LogP contribution in [-0.4, -0.2) is 17.9 Å². The van der Waals surface area contributed by atoms with E-state index in [4.69, 9.17) is 4.74 Å². The summed E-state index contributed by atoms with van der Waals surface area (Å²) in [4.78, 5) is 25.1. The van der Waals surface area contributed by atoms with Crippen molar-refractivity contribution < 1.29 is 14.3 Å². The van der Waals surface area contributed by atoms with Crippen molar-refractivity contribution in [1.82, 2.24) is 0 Å². The highest BCUT2D eigenvalue weighted by Gasteiger charge is 2.61. The number of hydrogen-bond donors (Lipinski definition) is 0. The van der Waals surface area contributed by atoms with E-state index in [0.29, 0.717) is 23.0 Å². The zero-order valence-electron chi connectivity index (χ0n) is 21.4. The highest BCUT2D eigenvalue weighted by molar-refractivity contribution is 5.94. The zero-order chi connectivity index (χ0) is 23.3. The first-order chi connectivity index (χ1) is 15.1. The highest BCUT2D eigenvalue weighted by Crippen LogP contribution is 2.66. The molecule has 3 saturated carbocycles. The third-order valence-corrected chi connectivity index (χ3v) is 10.4. The fraction of sp³-hybridized carbons (Fsp3) is 0.862. The maximum Gasteiger partial charge on any atom is 0.302 e. The largest absolute Gasteiger partial charge is 0.462 e. The van der Waals surface area contributed by atoms with Crippen LogP contribution >= 0.6 is 0 Å². The van der Waals surface area contributed by atoms with Crippen molar-refractivity contribution in [1.29, 1.82) is 0 Å². The second kappa shape index (κ2) is 8.91. The molecule has 0 bridgehead atoms. The fourth-order valence-corrected chi connectivity index (χ4v) is 8.73. The van der Waals surface area contributed by atoms with Gasteiger partial charge in [0.25, 0.3) is 0 Å². The molecule has 3 heteroatoms. The SMILES string of the molecule is CC(=O)O[C@H]1CC[C@@]2(C)C(=CC(=O)[C@H]3[C@@H]4CC[C@@H]([C@@H](C)CCCC(C)C)[C@@]4(C)CC[C@@H]32)C1. The molecule has 0 amide bonds. The van der Waals surface area contributed by atoms with Gasteiger partial charge in [-0.1, -0.05) is 59.5 Å². The number of carbonyl (C=O) groups excluding carboxylic acids is 2. The Morgan fingerprint density at radius 3 is 2.50 bits per heavy atom. The summed E-state index contributed by atoms with van der Waals surface area (Å²) in [5.74, 6) is 3.74. The van der Waals surface area contributed by atoms with E-state index >= 15 is 0 Å². The number of fused-ring (bicyclic) bond motifs is 5. The van der Waals surface area contributed by atoms with Gasteiger partial charge in [0.2, 0.25) is 0 Å². The van der Waals surface area contributed by atoms with Crippen LogP contribution in [-0.2, 0) is 14.3 Å². The fourth-order valence-electron chi connectivity index (χ4n) is 8.73. The summed E-state index contributed by atoms with van der Waals surface area (Å²) in [6.45, 7) is 13.6. The average molecular weight is 443 g/mol. The second-order valence-electron chi connectivity index (χ2n) is 12.7. The molecule has 3 nitrogen and oxygen atoms in total. The number of esters is 1. The van der Waals surface area contributed by atoms with Gasteiger partial charge in [-0.2, -0.15) is 0 Å². The van der Waals surface area contributed by atoms with Gasteiger partial charge in [-0.25, -0.2) is 0 Å². The summed E-state index contributed by atoms with van der Waals surface area (Å²) in [5.41, 5.74) is 1.70. The predicted molar refractivity (Wildman–Crippen MR) is 129 cm³/mol. The molecule has 0 aromatic heterocycles. The second-order valence-corrected chi connectivity index (χ2v) is 12.7. The van der Waals surface area contributed by atoms with Crippen LogP contribution < -0.4 is 0 Å². The number of ether oxygens (including phenoxy) is 1. The van der Waals surface area contributed by atoms with Crippen molar-refractivity contribution in [2.45, 2.75) is 112 Å². The molecule has 0 N–H and O–H groups in total. The molecule has 0 aromatic carbocycles. The van der Waals surface area contributed by atoms with Crippen molar-refractivity contribution >= 4 is 11.8 Å². The number of ketones is 1. The quantitative estimate of drug-likeness (QED) is 0.411. The van der Waals surface area contributed by atoms with Crippen molar-refractivity contribution in [2.75, 3.05) is 0 Å². The minimum Gasteiger partial charge on any atom is -0.462 e. The maximum absolute atomic E-state index is 13.6. The van der Waals surface area contributed by atoms with Crippen molar-refractivity contribution in [2.24, 2.45) is 46.3 Å². The van der Waals surface area contributed by atoms with E-state index in [9.17, 15) is 9.59 Å². The highest BCUT2D eigenvalue weighted by atomic mass is 16.5. The molecule has 8 atom stereocenters. The Balaban J connectivity index is 1.52. The van der Waals surface area contributed by atoms with E-state index in [0.717, 1.165) is 37.0 Å². The van der Waals surface area contributed by atoms with Crippen LogP contribution in [0.4, 0.5) is 0 Å². The Labute approximate surface area is 196 Å². The molecule has 0 aromatic rings. The Morgan fingerprint density at radius 1 is 1.06 bits per heavy atom. The number of allylic oxidation sites excluding steroid dienone is 1. The Kier molecular flexibility index (Phi) is 6.69. The van der Waals surface area contributed by atoms with Crippen LogP contribution in [0, 0.1) is 46.3 Å². The van der Waals surface area contributed by atoms with Crippen LogP contribution in [0.5, 0.6) is 0 Å². The molecule has 0 heterocycles. The number of hydrogen-bond acceptors (Lipinski definition) is 3. The van der Waals surface area contributed by atoms with Crippen LogP contribution in [0.2, 0.25) is 0 Å². The molecular formula is C29H46O3. The molecule has 4 rings (SSSR count). The van der Waals surface area contributed by atoms with E-state index in [-0.39, 0.29) is 23.4 Å². The smallest absolute Gasteiger partial charge is 0.302 e. The van der Waals surface area contributed by atoms with Crippen molar-refractivity contribution in [3.63, 3.8) is 0 Å². The number of carbonyl (C=O) groups is 2. The average Bonchev–Trinajstić information content (AvgIpc) is 3.05. The van der Waals surface area contributed by atoms with Gasteiger partial charge < -0.3 is 4.74 Å². The van der Waals surface area contributed by atoms with E-state index in [2.05, 4.69) is 34.6 Å². The van der Waals surface area contributed by atoms with E-state index in [1.807, 2.05) is 6.08 Å². The van der Waals surface area contributed by atoms with Crippen LogP contribution in [0.25, 0.3) is 0 Å². The molecule has 0 unspecified atom stereocenters. The van der Waals surface area contributed by atoms with E-state index < -0.39 is 0 Å². The normalized spacial score (nSPS) is 42.0. The zero-order valence-corrected chi connectivity index (χ0v) is 21.4. The topological polar surface area (TPSA) is 43.4 Å². The molecule has 3 fully saturated rings. The Morgan fingerprint density at radius 2 is 1.81 bits per heavy atom. The molecule has 180 valence electrons. The van der Waals surface area contributed by atoms with Gasteiger partial charge in [0, 0.05) is 19.3 Å². The number of rotatable bonds is 6. The van der Waals surface area contributed by atoms with Gasteiger partial charge in [-0.05, 0) is 85.0 Å². The van der Waals surface area contributed by atoms with Crippen LogP contribution in [0.15, 0.2) is 11.6 Å². The molecule has 4 aliphatic carbocycles. The van der Waals surface area contributed by atoms with Crippen molar-refractivity contribution in [3.05, 3.63) is 11.6 Å². The maximum atomic E-state index is 13.6. The Bertz CT molecular complexity index is 766. The molecular weight excluding hydrogens is 396 g/mol. The third kappa shape index (κ3) is 4.11. The molecule has 0 spiro atoms. The van der Waals surface area contributed by atoms with Gasteiger partial charge in [-0.15, -0.1) is 0 Å². The predicted octanol–water partition coefficient (Wildman–Crippen LogP) is 7.14. The lowest BCUT2D eigenvalue weighted by molar-refractivity contribution is -0.149. The standard InChI is InChI=1S/C29H46O3/c1-18(2)8-7-9-19(3)23-10-11-24-27-25(13-15-29(23,24)6)28(5)14-12-22(32-20(4)30)16-21(28)17-26(27)31/h17-19,22-25,27H,7-16H2,1-6H3/t19-,22-,23-,24-,25-,27-,28-,29+/m0/s1. The monoisotopic (exact) mass is 442 g/mol. The minimum atomic E-state index is -0.202. The summed E-state index contributed by atoms with van der Waals surface area (Å²) in [5, 5.41) is 0. The van der Waals surface area contributed by atoms with Gasteiger partial charge >= 0.3 is 5.97 Å². The summed E-state index contributed by atoms with van der Waals surface area (Å²) < 4.78 is 5.54. The first-order valence-electron chi connectivity index (χ1n) is 13.5. The summed E-state index contributed by atoms with van der Waals surface area (Å²) in [6, 6.07) is 0. The lowest BCUT2D eigenvalue weighted by atomic mass is 9.46. The lowest BCUT2D eigenvalue weighted by Crippen LogP contribution is -2.53. The van der Waals surface area contributed by atoms with Crippen molar-refractivity contribution in [3.8, 4) is 0 Å². The Hall–Kier alpha value is -1.12. The molecule has 0 saturated heterocycles. The van der Waals surface area contributed by atoms with Gasteiger partial charge in [0.1, 0.15) is 6.10 Å². The first-order valence-corrected chi connectivity index (χ1v) is 13.5. The summed E-state index contributed by atoms with van der Waals surface area (Å²) >= 11 is 0. The minimum absolute atomic E-state index is 0.0485. The summed E-state index contributed by atoms with van der Waals surface area (Å²) in [6.07, 6.45) is 13.7. The molecule has 32 heavy (non-hydrogen) atoms.